The highest BCUT2D eigenvalue weighted by molar-refractivity contribution is 5.91. The van der Waals surface area contributed by atoms with Gasteiger partial charge in [-0.25, -0.2) is 0 Å². The lowest BCUT2D eigenvalue weighted by atomic mass is 9.85. The van der Waals surface area contributed by atoms with Crippen molar-refractivity contribution >= 4 is 17.6 Å². The Bertz CT molecular complexity index is 464. The average Bonchev–Trinajstić information content (AvgIpc) is 2.28. The minimum Gasteiger partial charge on any atom is -0.481 e. The number of aliphatic carboxylic acids is 1. The number of rotatable bonds is 5. The Morgan fingerprint density at radius 1 is 1.32 bits per heavy atom. The van der Waals surface area contributed by atoms with Crippen LogP contribution in [0.25, 0.3) is 0 Å². The van der Waals surface area contributed by atoms with Gasteiger partial charge < -0.3 is 16.2 Å². The standard InChI is InChI=1S/C14H20N2O3/c1-9(15)8-12(17)16-11-6-4-10(5-7-11)14(2,3)13(18)19/h4-7,9H,8,15H2,1-3H3,(H,16,17)(H,18,19). The van der Waals surface area contributed by atoms with E-state index in [2.05, 4.69) is 5.32 Å². The fourth-order valence-corrected chi connectivity index (χ4v) is 1.60. The van der Waals surface area contributed by atoms with Gasteiger partial charge in [0.25, 0.3) is 0 Å². The zero-order valence-electron chi connectivity index (χ0n) is 11.4. The molecule has 1 aromatic carbocycles. The number of carboxylic acids is 1. The first kappa shape index (κ1) is 15.2. The molecule has 4 N–H and O–H groups in total. The number of carbonyl (C=O) groups excluding carboxylic acids is 1. The summed E-state index contributed by atoms with van der Waals surface area (Å²) in [6.07, 6.45) is 0.252. The number of carbonyl (C=O) groups is 2. The van der Waals surface area contributed by atoms with E-state index in [1.165, 1.54) is 0 Å². The first-order valence-corrected chi connectivity index (χ1v) is 6.13. The molecule has 104 valence electrons. The summed E-state index contributed by atoms with van der Waals surface area (Å²) in [4.78, 5) is 22.6. The molecule has 19 heavy (non-hydrogen) atoms. The van der Waals surface area contributed by atoms with E-state index >= 15 is 0 Å². The maximum Gasteiger partial charge on any atom is 0.313 e. The van der Waals surface area contributed by atoms with Crippen LogP contribution in [0, 0.1) is 0 Å². The molecule has 5 heteroatoms. The van der Waals surface area contributed by atoms with Gasteiger partial charge in [-0.3, -0.25) is 9.59 Å². The molecule has 0 bridgehead atoms. The summed E-state index contributed by atoms with van der Waals surface area (Å²) in [5.74, 6) is -1.04. The van der Waals surface area contributed by atoms with E-state index in [-0.39, 0.29) is 18.4 Å². The third kappa shape index (κ3) is 4.06. The number of carboxylic acid groups (broad SMARTS) is 1. The Morgan fingerprint density at radius 3 is 2.26 bits per heavy atom. The van der Waals surface area contributed by atoms with Crippen molar-refractivity contribution in [3.63, 3.8) is 0 Å². The van der Waals surface area contributed by atoms with Crippen LogP contribution >= 0.6 is 0 Å². The molecule has 5 nitrogen and oxygen atoms in total. The first-order valence-electron chi connectivity index (χ1n) is 6.13. The minimum absolute atomic E-state index is 0.153. The fraction of sp³-hybridized carbons (Fsp3) is 0.429. The molecule has 0 aromatic heterocycles. The quantitative estimate of drug-likeness (QED) is 0.755. The molecule has 0 spiro atoms. The van der Waals surface area contributed by atoms with Crippen molar-refractivity contribution in [3.05, 3.63) is 29.8 Å². The zero-order chi connectivity index (χ0) is 14.6. The monoisotopic (exact) mass is 264 g/mol. The summed E-state index contributed by atoms with van der Waals surface area (Å²) >= 11 is 0. The maximum atomic E-state index is 11.5. The summed E-state index contributed by atoms with van der Waals surface area (Å²) in [6, 6.07) is 6.61. The summed E-state index contributed by atoms with van der Waals surface area (Å²) in [6.45, 7) is 5.04. The van der Waals surface area contributed by atoms with E-state index in [1.807, 2.05) is 0 Å². The van der Waals surface area contributed by atoms with Crippen LogP contribution in [-0.4, -0.2) is 23.0 Å². The van der Waals surface area contributed by atoms with E-state index in [9.17, 15) is 9.59 Å². The molecule has 0 heterocycles. The highest BCUT2D eigenvalue weighted by Crippen LogP contribution is 2.24. The molecule has 1 unspecified atom stereocenters. The van der Waals surface area contributed by atoms with E-state index < -0.39 is 11.4 Å². The Hall–Kier alpha value is -1.88. The Morgan fingerprint density at radius 2 is 1.84 bits per heavy atom. The Labute approximate surface area is 112 Å². The van der Waals surface area contributed by atoms with Gasteiger partial charge in [0.1, 0.15) is 0 Å². The normalized spacial score (nSPS) is 12.8. The molecular formula is C14H20N2O3. The van der Waals surface area contributed by atoms with Crippen molar-refractivity contribution < 1.29 is 14.7 Å². The lowest BCUT2D eigenvalue weighted by molar-refractivity contribution is -0.142. The fourth-order valence-electron chi connectivity index (χ4n) is 1.60. The maximum absolute atomic E-state index is 11.5. The highest BCUT2D eigenvalue weighted by atomic mass is 16.4. The molecule has 1 rings (SSSR count). The van der Waals surface area contributed by atoms with Crippen molar-refractivity contribution in [2.75, 3.05) is 5.32 Å². The van der Waals surface area contributed by atoms with Gasteiger partial charge in [0.2, 0.25) is 5.91 Å². The number of anilines is 1. The van der Waals surface area contributed by atoms with E-state index in [1.54, 1.807) is 45.0 Å². The molecule has 1 atom stereocenters. The number of benzene rings is 1. The first-order chi connectivity index (χ1) is 8.73. The van der Waals surface area contributed by atoms with Crippen LogP contribution < -0.4 is 11.1 Å². The van der Waals surface area contributed by atoms with Crippen LogP contribution in [-0.2, 0) is 15.0 Å². The van der Waals surface area contributed by atoms with Crippen LogP contribution in [0.2, 0.25) is 0 Å². The summed E-state index contributed by atoms with van der Waals surface area (Å²) < 4.78 is 0. The molecule has 0 saturated carbocycles. The molecule has 0 aliphatic rings. The van der Waals surface area contributed by atoms with Gasteiger partial charge in [0, 0.05) is 18.2 Å². The van der Waals surface area contributed by atoms with Gasteiger partial charge in [0.15, 0.2) is 0 Å². The summed E-state index contributed by atoms with van der Waals surface area (Å²) in [5.41, 5.74) is 5.91. The molecule has 1 amide bonds. The number of nitrogens with two attached hydrogens (primary N) is 1. The summed E-state index contributed by atoms with van der Waals surface area (Å²) in [7, 11) is 0. The van der Waals surface area contributed by atoms with Crippen LogP contribution in [0.15, 0.2) is 24.3 Å². The molecule has 0 saturated heterocycles. The van der Waals surface area contributed by atoms with Crippen LogP contribution in [0.3, 0.4) is 0 Å². The Kier molecular flexibility index (Phi) is 4.67. The Balaban J connectivity index is 2.77. The predicted molar refractivity (Wildman–Crippen MR) is 74.0 cm³/mol. The second kappa shape index (κ2) is 5.84. The van der Waals surface area contributed by atoms with E-state index in [0.29, 0.717) is 11.3 Å². The number of amides is 1. The molecule has 0 aliphatic heterocycles. The molecule has 0 fully saturated rings. The number of hydrogen-bond donors (Lipinski definition) is 3. The van der Waals surface area contributed by atoms with Gasteiger partial charge >= 0.3 is 5.97 Å². The van der Waals surface area contributed by atoms with Crippen molar-refractivity contribution in [3.8, 4) is 0 Å². The average molecular weight is 264 g/mol. The topological polar surface area (TPSA) is 92.4 Å². The third-order valence-corrected chi connectivity index (χ3v) is 2.93. The van der Waals surface area contributed by atoms with Gasteiger partial charge in [-0.1, -0.05) is 12.1 Å². The molecule has 0 radical (unpaired) electrons. The van der Waals surface area contributed by atoms with Crippen molar-refractivity contribution in [1.82, 2.24) is 0 Å². The zero-order valence-corrected chi connectivity index (χ0v) is 11.4. The van der Waals surface area contributed by atoms with Gasteiger partial charge in [-0.05, 0) is 38.5 Å². The minimum atomic E-state index is -0.950. The van der Waals surface area contributed by atoms with Gasteiger partial charge in [-0.2, -0.15) is 0 Å². The lowest BCUT2D eigenvalue weighted by Crippen LogP contribution is -2.28. The van der Waals surface area contributed by atoms with E-state index in [4.69, 9.17) is 10.8 Å². The number of hydrogen-bond acceptors (Lipinski definition) is 3. The SMILES string of the molecule is CC(N)CC(=O)Nc1ccc(C(C)(C)C(=O)O)cc1. The van der Waals surface area contributed by atoms with Crippen molar-refractivity contribution in [2.24, 2.45) is 5.73 Å². The van der Waals surface area contributed by atoms with Gasteiger partial charge in [0.05, 0.1) is 5.41 Å². The third-order valence-electron chi connectivity index (χ3n) is 2.93. The molecule has 1 aromatic rings. The molecular weight excluding hydrogens is 244 g/mol. The highest BCUT2D eigenvalue weighted by Gasteiger charge is 2.29. The predicted octanol–water partition coefficient (Wildman–Crippen LogP) is 1.72. The van der Waals surface area contributed by atoms with Crippen LogP contribution in [0.5, 0.6) is 0 Å². The largest absolute Gasteiger partial charge is 0.481 e. The van der Waals surface area contributed by atoms with Crippen LogP contribution in [0.4, 0.5) is 5.69 Å². The van der Waals surface area contributed by atoms with E-state index in [0.717, 1.165) is 0 Å². The lowest BCUT2D eigenvalue weighted by Gasteiger charge is -2.20. The molecule has 0 aliphatic carbocycles. The summed E-state index contributed by atoms with van der Waals surface area (Å²) in [5, 5.41) is 11.8. The second-order valence-electron chi connectivity index (χ2n) is 5.24. The smallest absolute Gasteiger partial charge is 0.313 e. The van der Waals surface area contributed by atoms with Crippen molar-refractivity contribution in [1.29, 1.82) is 0 Å². The van der Waals surface area contributed by atoms with Crippen LogP contribution in [0.1, 0.15) is 32.8 Å². The van der Waals surface area contributed by atoms with Crippen molar-refractivity contribution in [2.45, 2.75) is 38.6 Å². The number of nitrogens with one attached hydrogen (secondary N) is 1. The second-order valence-corrected chi connectivity index (χ2v) is 5.24. The van der Waals surface area contributed by atoms with Gasteiger partial charge in [-0.15, -0.1) is 0 Å².